The third kappa shape index (κ3) is 1.42. The molecule has 0 aliphatic carbocycles. The zero-order valence-electron chi connectivity index (χ0n) is 5.29. The minimum Gasteiger partial charge on any atom is -0.396 e. The van der Waals surface area contributed by atoms with E-state index < -0.39 is 0 Å². The molecule has 1 aliphatic rings. The number of hydrogen-bond donors (Lipinski definition) is 1. The zero-order chi connectivity index (χ0) is 6.69. The zero-order valence-corrected chi connectivity index (χ0v) is 5.29. The first-order valence-corrected chi connectivity index (χ1v) is 3.17. The van der Waals surface area contributed by atoms with Crippen molar-refractivity contribution in [3.63, 3.8) is 0 Å². The summed E-state index contributed by atoms with van der Waals surface area (Å²) in [5.74, 6) is 0.329. The molecule has 1 amide bonds. The molecule has 3 nitrogen and oxygen atoms in total. The second kappa shape index (κ2) is 2.82. The number of rotatable bonds is 2. The van der Waals surface area contributed by atoms with Crippen LogP contribution in [0, 0.1) is 5.92 Å². The SMILES string of the molecule is O=CN1CC[C@@H](CO)C1. The number of nitrogens with zero attached hydrogens (tertiary/aromatic N) is 1. The number of hydrogen-bond acceptors (Lipinski definition) is 2. The fourth-order valence-corrected chi connectivity index (χ4v) is 1.11. The molecule has 0 saturated carbocycles. The number of carbonyl (C=O) groups excluding carboxylic acids is 1. The Labute approximate surface area is 54.3 Å². The molecule has 0 bridgehead atoms. The Morgan fingerprint density at radius 1 is 1.78 bits per heavy atom. The first kappa shape index (κ1) is 6.55. The lowest BCUT2D eigenvalue weighted by Crippen LogP contribution is -2.18. The van der Waals surface area contributed by atoms with Crippen LogP contribution in [0.15, 0.2) is 0 Å². The average Bonchev–Trinajstić information content (AvgIpc) is 2.34. The third-order valence-corrected chi connectivity index (χ3v) is 1.72. The fraction of sp³-hybridized carbons (Fsp3) is 0.833. The predicted molar refractivity (Wildman–Crippen MR) is 32.8 cm³/mol. The van der Waals surface area contributed by atoms with Crippen molar-refractivity contribution in [3.8, 4) is 0 Å². The van der Waals surface area contributed by atoms with Gasteiger partial charge in [0.15, 0.2) is 0 Å². The lowest BCUT2D eigenvalue weighted by atomic mass is 10.1. The van der Waals surface area contributed by atoms with Crippen molar-refractivity contribution >= 4 is 6.41 Å². The summed E-state index contributed by atoms with van der Waals surface area (Å²) in [6.45, 7) is 1.76. The molecule has 1 fully saturated rings. The van der Waals surface area contributed by atoms with Crippen molar-refractivity contribution in [2.45, 2.75) is 6.42 Å². The van der Waals surface area contributed by atoms with Gasteiger partial charge in [-0.2, -0.15) is 0 Å². The van der Waals surface area contributed by atoms with Crippen LogP contribution in [0.1, 0.15) is 6.42 Å². The van der Waals surface area contributed by atoms with Gasteiger partial charge in [0, 0.05) is 25.6 Å². The maximum atomic E-state index is 10.1. The van der Waals surface area contributed by atoms with E-state index in [9.17, 15) is 4.79 Å². The number of likely N-dealkylation sites (tertiary alicyclic amines) is 1. The molecule has 0 unspecified atom stereocenters. The highest BCUT2D eigenvalue weighted by molar-refractivity contribution is 5.47. The van der Waals surface area contributed by atoms with E-state index in [0.717, 1.165) is 25.9 Å². The Hall–Kier alpha value is -0.570. The highest BCUT2D eigenvalue weighted by Gasteiger charge is 2.19. The molecule has 0 aromatic rings. The molecule has 9 heavy (non-hydrogen) atoms. The minimum absolute atomic E-state index is 0.213. The van der Waals surface area contributed by atoms with Gasteiger partial charge in [-0.05, 0) is 6.42 Å². The first-order chi connectivity index (χ1) is 4.36. The van der Waals surface area contributed by atoms with E-state index in [4.69, 9.17) is 5.11 Å². The van der Waals surface area contributed by atoms with E-state index >= 15 is 0 Å². The quantitative estimate of drug-likeness (QED) is 0.508. The van der Waals surface area contributed by atoms with Crippen molar-refractivity contribution in [1.82, 2.24) is 4.90 Å². The van der Waals surface area contributed by atoms with Crippen LogP contribution >= 0.6 is 0 Å². The molecule has 0 radical (unpaired) electrons. The van der Waals surface area contributed by atoms with Gasteiger partial charge < -0.3 is 10.0 Å². The van der Waals surface area contributed by atoms with Crippen molar-refractivity contribution in [3.05, 3.63) is 0 Å². The highest BCUT2D eigenvalue weighted by atomic mass is 16.3. The van der Waals surface area contributed by atoms with Crippen molar-refractivity contribution < 1.29 is 9.90 Å². The summed E-state index contributed by atoms with van der Waals surface area (Å²) >= 11 is 0. The molecule has 1 saturated heterocycles. The van der Waals surface area contributed by atoms with Crippen molar-refractivity contribution in [2.75, 3.05) is 19.7 Å². The number of amides is 1. The molecule has 1 atom stereocenters. The molecule has 0 spiro atoms. The van der Waals surface area contributed by atoms with E-state index in [-0.39, 0.29) is 6.61 Å². The number of carbonyl (C=O) groups is 1. The number of aliphatic hydroxyl groups excluding tert-OH is 1. The average molecular weight is 129 g/mol. The highest BCUT2D eigenvalue weighted by Crippen LogP contribution is 2.12. The van der Waals surface area contributed by atoms with Crippen LogP contribution in [-0.2, 0) is 4.79 Å². The topological polar surface area (TPSA) is 40.5 Å². The Balaban J connectivity index is 2.28. The predicted octanol–water partition coefficient (Wildman–Crippen LogP) is -0.543. The Morgan fingerprint density at radius 3 is 2.89 bits per heavy atom. The van der Waals surface area contributed by atoms with E-state index in [1.165, 1.54) is 0 Å². The Morgan fingerprint density at radius 2 is 2.56 bits per heavy atom. The molecule has 3 heteroatoms. The Kier molecular flexibility index (Phi) is 2.05. The molecule has 1 rings (SSSR count). The summed E-state index contributed by atoms with van der Waals surface area (Å²) in [5.41, 5.74) is 0. The van der Waals surface area contributed by atoms with E-state index in [1.54, 1.807) is 4.90 Å². The van der Waals surface area contributed by atoms with Crippen LogP contribution in [0.5, 0.6) is 0 Å². The lowest BCUT2D eigenvalue weighted by Gasteiger charge is -2.06. The van der Waals surface area contributed by atoms with Gasteiger partial charge in [-0.25, -0.2) is 0 Å². The fourth-order valence-electron chi connectivity index (χ4n) is 1.11. The van der Waals surface area contributed by atoms with Crippen LogP contribution < -0.4 is 0 Å². The van der Waals surface area contributed by atoms with Gasteiger partial charge in [-0.15, -0.1) is 0 Å². The van der Waals surface area contributed by atoms with Gasteiger partial charge in [-0.3, -0.25) is 4.79 Å². The monoisotopic (exact) mass is 129 g/mol. The summed E-state index contributed by atoms with van der Waals surface area (Å²) < 4.78 is 0. The third-order valence-electron chi connectivity index (χ3n) is 1.72. The molecule has 1 N–H and O–H groups in total. The van der Waals surface area contributed by atoms with Gasteiger partial charge in [0.2, 0.25) is 6.41 Å². The van der Waals surface area contributed by atoms with Gasteiger partial charge in [0.05, 0.1) is 0 Å². The van der Waals surface area contributed by atoms with Gasteiger partial charge in [0.1, 0.15) is 0 Å². The normalized spacial score (nSPS) is 26.8. The molecule has 1 aliphatic heterocycles. The number of aliphatic hydroxyl groups is 1. The van der Waals surface area contributed by atoms with Crippen LogP contribution in [0.2, 0.25) is 0 Å². The molecule has 0 aromatic heterocycles. The van der Waals surface area contributed by atoms with Crippen LogP contribution in [0.3, 0.4) is 0 Å². The first-order valence-electron chi connectivity index (χ1n) is 3.17. The molecule has 1 heterocycles. The standard InChI is InChI=1S/C6H11NO2/c8-4-6-1-2-7(3-6)5-9/h5-6,8H,1-4H2/t6-/m1/s1. The largest absolute Gasteiger partial charge is 0.396 e. The second-order valence-electron chi connectivity index (χ2n) is 2.44. The van der Waals surface area contributed by atoms with Crippen molar-refractivity contribution in [1.29, 1.82) is 0 Å². The maximum Gasteiger partial charge on any atom is 0.209 e. The maximum absolute atomic E-state index is 10.1. The van der Waals surface area contributed by atoms with Gasteiger partial charge in [-0.1, -0.05) is 0 Å². The van der Waals surface area contributed by atoms with Gasteiger partial charge >= 0.3 is 0 Å². The Bertz CT molecular complexity index is 105. The van der Waals surface area contributed by atoms with Crippen LogP contribution in [0.25, 0.3) is 0 Å². The van der Waals surface area contributed by atoms with Crippen LogP contribution in [-0.4, -0.2) is 36.1 Å². The smallest absolute Gasteiger partial charge is 0.209 e. The summed E-state index contributed by atoms with van der Waals surface area (Å²) in [6, 6.07) is 0. The summed E-state index contributed by atoms with van der Waals surface area (Å²) in [4.78, 5) is 11.8. The second-order valence-corrected chi connectivity index (χ2v) is 2.44. The summed E-state index contributed by atoms with van der Waals surface area (Å²) in [6.07, 6.45) is 1.80. The van der Waals surface area contributed by atoms with E-state index in [2.05, 4.69) is 0 Å². The summed E-state index contributed by atoms with van der Waals surface area (Å²) in [7, 11) is 0. The van der Waals surface area contributed by atoms with Crippen molar-refractivity contribution in [2.24, 2.45) is 5.92 Å². The van der Waals surface area contributed by atoms with E-state index in [0.29, 0.717) is 5.92 Å². The molecule has 0 aromatic carbocycles. The molecular formula is C6H11NO2. The molecular weight excluding hydrogens is 118 g/mol. The minimum atomic E-state index is 0.213. The summed E-state index contributed by atoms with van der Waals surface area (Å²) in [5, 5.41) is 8.64. The van der Waals surface area contributed by atoms with Gasteiger partial charge in [0.25, 0.3) is 0 Å². The molecule has 52 valence electrons. The van der Waals surface area contributed by atoms with E-state index in [1.807, 2.05) is 0 Å². The van der Waals surface area contributed by atoms with Crippen LogP contribution in [0.4, 0.5) is 0 Å². The lowest BCUT2D eigenvalue weighted by molar-refractivity contribution is -0.117.